The van der Waals surface area contributed by atoms with Gasteiger partial charge in [0.25, 0.3) is 0 Å². The van der Waals surface area contributed by atoms with E-state index in [1.54, 1.807) is 0 Å². The fourth-order valence-electron chi connectivity index (χ4n) is 4.04. The predicted octanol–water partition coefficient (Wildman–Crippen LogP) is 3.51. The predicted molar refractivity (Wildman–Crippen MR) is 98.4 cm³/mol. The van der Waals surface area contributed by atoms with E-state index in [9.17, 15) is 0 Å². The summed E-state index contributed by atoms with van der Waals surface area (Å²) in [5, 5.41) is 3.14. The van der Waals surface area contributed by atoms with Gasteiger partial charge in [0.05, 0.1) is 17.8 Å². The van der Waals surface area contributed by atoms with E-state index in [1.807, 2.05) is 4.90 Å². The normalized spacial score (nSPS) is 25.7. The van der Waals surface area contributed by atoms with Gasteiger partial charge in [0.1, 0.15) is 18.2 Å². The maximum atomic E-state index is 6.20. The Labute approximate surface area is 143 Å². The van der Waals surface area contributed by atoms with Gasteiger partial charge in [-0.05, 0) is 37.1 Å². The molecule has 3 heteroatoms. The molecule has 23 heavy (non-hydrogen) atoms. The molecule has 2 atom stereocenters. The molecule has 2 fully saturated rings. The van der Waals surface area contributed by atoms with E-state index in [-0.39, 0.29) is 0 Å². The van der Waals surface area contributed by atoms with Gasteiger partial charge in [-0.25, -0.2) is 0 Å². The number of quaternary nitrogens is 1. The summed E-state index contributed by atoms with van der Waals surface area (Å²) in [5.41, 5.74) is 0. The number of thioether (sulfide) groups is 1. The monoisotopic (exact) mass is 328 g/mol. The van der Waals surface area contributed by atoms with Gasteiger partial charge in [-0.15, -0.1) is 0 Å². The van der Waals surface area contributed by atoms with Crippen LogP contribution in [0.2, 0.25) is 0 Å². The Hall–Kier alpha value is -1.19. The van der Waals surface area contributed by atoms with Crippen LogP contribution >= 0.6 is 11.8 Å². The number of benzene rings is 2. The molecule has 1 N–H and O–H groups in total. The Morgan fingerprint density at radius 3 is 2.74 bits per heavy atom. The summed E-state index contributed by atoms with van der Waals surface area (Å²) in [6, 6.07) is 15.8. The zero-order valence-electron chi connectivity index (χ0n) is 13.7. The van der Waals surface area contributed by atoms with E-state index in [2.05, 4.69) is 54.2 Å². The second kappa shape index (κ2) is 7.14. The van der Waals surface area contributed by atoms with E-state index in [1.165, 1.54) is 55.3 Å². The largest absolute Gasteiger partial charge is 0.492 e. The van der Waals surface area contributed by atoms with Crippen LogP contribution < -0.4 is 9.64 Å². The van der Waals surface area contributed by atoms with Crippen LogP contribution in [-0.2, 0) is 0 Å². The number of hydrogen-bond acceptors (Lipinski definition) is 2. The first-order chi connectivity index (χ1) is 11.4. The van der Waals surface area contributed by atoms with Gasteiger partial charge in [-0.2, -0.15) is 0 Å². The van der Waals surface area contributed by atoms with Crippen LogP contribution in [0.1, 0.15) is 32.1 Å². The van der Waals surface area contributed by atoms with Crippen molar-refractivity contribution in [1.29, 1.82) is 0 Å². The van der Waals surface area contributed by atoms with Gasteiger partial charge >= 0.3 is 0 Å². The van der Waals surface area contributed by atoms with Crippen LogP contribution in [-0.4, -0.2) is 30.3 Å². The molecular weight excluding hydrogens is 302 g/mol. The Morgan fingerprint density at radius 1 is 1.00 bits per heavy atom. The van der Waals surface area contributed by atoms with Crippen molar-refractivity contribution in [2.24, 2.45) is 0 Å². The van der Waals surface area contributed by atoms with E-state index >= 15 is 0 Å². The van der Waals surface area contributed by atoms with E-state index in [0.717, 1.165) is 18.4 Å². The summed E-state index contributed by atoms with van der Waals surface area (Å²) in [6.07, 6.45) is 7.20. The van der Waals surface area contributed by atoms with Crippen LogP contribution in [0.15, 0.2) is 42.5 Å². The molecule has 2 nitrogen and oxygen atoms in total. The lowest BCUT2D eigenvalue weighted by Crippen LogP contribution is -3.14. The van der Waals surface area contributed by atoms with Gasteiger partial charge in [0.15, 0.2) is 0 Å². The summed E-state index contributed by atoms with van der Waals surface area (Å²) >= 11 is 2.11. The number of ether oxygens (including phenoxy) is 1. The van der Waals surface area contributed by atoms with Crippen molar-refractivity contribution in [2.45, 2.75) is 43.4 Å². The Morgan fingerprint density at radius 2 is 1.83 bits per heavy atom. The number of fused-ring (bicyclic) bond motifs is 1. The molecule has 1 aliphatic carbocycles. The molecule has 2 aromatic carbocycles. The average Bonchev–Trinajstić information content (AvgIpc) is 3.10. The topological polar surface area (TPSA) is 13.7 Å². The fourth-order valence-corrected chi connectivity index (χ4v) is 5.34. The Bertz CT molecular complexity index is 648. The van der Waals surface area contributed by atoms with Crippen molar-refractivity contribution in [3.8, 4) is 5.75 Å². The molecule has 1 unspecified atom stereocenters. The molecule has 0 spiro atoms. The van der Waals surface area contributed by atoms with Gasteiger partial charge in [0, 0.05) is 5.39 Å². The van der Waals surface area contributed by atoms with E-state index in [4.69, 9.17) is 4.74 Å². The summed E-state index contributed by atoms with van der Waals surface area (Å²) in [6.45, 7) is 2.12. The van der Waals surface area contributed by atoms with Gasteiger partial charge in [-0.1, -0.05) is 54.6 Å². The standard InChI is InChI=1S/C20H25NOS/c1-2-9-17(10-3-1)21-13-18(23-15-21)14-22-20-12-6-8-16-7-4-5-11-19(16)20/h4-8,11-12,17-18H,1-3,9-10,13-15H2/p+1/t18-/m1/s1. The third-order valence-electron chi connectivity index (χ3n) is 5.35. The highest BCUT2D eigenvalue weighted by Crippen LogP contribution is 2.26. The van der Waals surface area contributed by atoms with Crippen molar-refractivity contribution in [1.82, 2.24) is 0 Å². The van der Waals surface area contributed by atoms with Crippen molar-refractivity contribution >= 4 is 22.5 Å². The van der Waals surface area contributed by atoms with Gasteiger partial charge in [-0.3, -0.25) is 0 Å². The van der Waals surface area contributed by atoms with E-state index < -0.39 is 0 Å². The molecule has 0 aromatic heterocycles. The first kappa shape index (κ1) is 15.3. The van der Waals surface area contributed by atoms with Crippen LogP contribution in [0.4, 0.5) is 0 Å². The summed E-state index contributed by atoms with van der Waals surface area (Å²) in [7, 11) is 0. The quantitative estimate of drug-likeness (QED) is 0.923. The second-order valence-electron chi connectivity index (χ2n) is 6.92. The molecule has 1 saturated heterocycles. The summed E-state index contributed by atoms with van der Waals surface area (Å²) in [4.78, 5) is 1.82. The van der Waals surface area contributed by atoms with Crippen LogP contribution in [0.5, 0.6) is 5.75 Å². The lowest BCUT2D eigenvalue weighted by molar-refractivity contribution is -0.909. The van der Waals surface area contributed by atoms with E-state index in [0.29, 0.717) is 5.25 Å². The molecule has 1 saturated carbocycles. The molecule has 2 aliphatic rings. The van der Waals surface area contributed by atoms with Crippen LogP contribution in [0.3, 0.4) is 0 Å². The SMILES string of the molecule is c1ccc2c(OC[C@H]3C[NH+](C4CCCCC4)CS3)cccc2c1. The van der Waals surface area contributed by atoms with Crippen molar-refractivity contribution < 1.29 is 9.64 Å². The minimum Gasteiger partial charge on any atom is -0.492 e. The average molecular weight is 329 g/mol. The lowest BCUT2D eigenvalue weighted by atomic mass is 9.94. The number of rotatable bonds is 4. The molecule has 0 amide bonds. The molecule has 4 rings (SSSR count). The maximum absolute atomic E-state index is 6.20. The van der Waals surface area contributed by atoms with Gasteiger partial charge < -0.3 is 9.64 Å². The zero-order chi connectivity index (χ0) is 15.5. The molecule has 0 bridgehead atoms. The second-order valence-corrected chi connectivity index (χ2v) is 8.21. The number of nitrogens with one attached hydrogen (secondary N) is 1. The van der Waals surface area contributed by atoms with Gasteiger partial charge in [0.2, 0.25) is 0 Å². The smallest absolute Gasteiger partial charge is 0.127 e. The van der Waals surface area contributed by atoms with Crippen LogP contribution in [0.25, 0.3) is 10.8 Å². The Kier molecular flexibility index (Phi) is 4.77. The molecule has 0 radical (unpaired) electrons. The molecule has 122 valence electrons. The van der Waals surface area contributed by atoms with Crippen LogP contribution in [0, 0.1) is 0 Å². The fraction of sp³-hybridized carbons (Fsp3) is 0.500. The van der Waals surface area contributed by atoms with Crippen molar-refractivity contribution in [3.63, 3.8) is 0 Å². The highest BCUT2D eigenvalue weighted by Gasteiger charge is 2.33. The summed E-state index contributed by atoms with van der Waals surface area (Å²) in [5.74, 6) is 2.31. The highest BCUT2D eigenvalue weighted by molar-refractivity contribution is 7.99. The first-order valence-electron chi connectivity index (χ1n) is 8.97. The lowest BCUT2D eigenvalue weighted by Gasteiger charge is -2.27. The number of hydrogen-bond donors (Lipinski definition) is 1. The third kappa shape index (κ3) is 3.51. The minimum absolute atomic E-state index is 0.644. The van der Waals surface area contributed by atoms with Crippen molar-refractivity contribution in [3.05, 3.63) is 42.5 Å². The first-order valence-corrected chi connectivity index (χ1v) is 10.0. The molecule has 2 aromatic rings. The minimum atomic E-state index is 0.644. The zero-order valence-corrected chi connectivity index (χ0v) is 14.5. The Balaban J connectivity index is 1.36. The highest BCUT2D eigenvalue weighted by atomic mass is 32.2. The maximum Gasteiger partial charge on any atom is 0.127 e. The molecular formula is C20H26NOS+. The molecule has 1 aliphatic heterocycles. The third-order valence-corrected chi connectivity index (χ3v) is 6.66. The molecule has 1 heterocycles. The summed E-state index contributed by atoms with van der Waals surface area (Å²) < 4.78 is 6.20. The van der Waals surface area contributed by atoms with Crippen molar-refractivity contribution in [2.75, 3.05) is 19.0 Å².